The number of nitrogens with two attached hydrogens (primary N) is 1. The van der Waals surface area contributed by atoms with Crippen LogP contribution in [0.5, 0.6) is 0 Å². The summed E-state index contributed by atoms with van der Waals surface area (Å²) in [4.78, 5) is 28.8. The zero-order valence-electron chi connectivity index (χ0n) is 19.3. The molecule has 0 saturated heterocycles. The standard InChI is InChI=1S/C28H27N5O2/c1-18(27(34)31-17-19-12-14-22(15-13-19)26(29)30)32-28(35)24-16-23(20-8-4-2-5-9-20)25(33-24)21-10-6-3-7-11-21/h2-16,18,33H,17H2,1H3,(H3,29,30)(H,31,34)(H,32,35). The lowest BCUT2D eigenvalue weighted by Crippen LogP contribution is -2.44. The summed E-state index contributed by atoms with van der Waals surface area (Å²) in [5.41, 5.74) is 11.0. The highest BCUT2D eigenvalue weighted by Gasteiger charge is 2.20. The first-order chi connectivity index (χ1) is 16.9. The predicted octanol–water partition coefficient (Wildman–Crippen LogP) is 4.07. The Morgan fingerprint density at radius 3 is 2.11 bits per heavy atom. The van der Waals surface area contributed by atoms with Crippen molar-refractivity contribution >= 4 is 17.6 Å². The molecule has 0 aliphatic rings. The summed E-state index contributed by atoms with van der Waals surface area (Å²) in [6.07, 6.45) is 0. The van der Waals surface area contributed by atoms with Gasteiger partial charge in [0.05, 0.1) is 5.69 Å². The van der Waals surface area contributed by atoms with Crippen LogP contribution in [-0.2, 0) is 11.3 Å². The summed E-state index contributed by atoms with van der Waals surface area (Å²) in [7, 11) is 0. The van der Waals surface area contributed by atoms with Gasteiger partial charge in [-0.3, -0.25) is 15.0 Å². The molecule has 0 saturated carbocycles. The van der Waals surface area contributed by atoms with E-state index in [2.05, 4.69) is 15.6 Å². The molecule has 176 valence electrons. The molecule has 1 atom stereocenters. The number of H-pyrrole nitrogens is 1. The fraction of sp³-hybridized carbons (Fsp3) is 0.107. The summed E-state index contributed by atoms with van der Waals surface area (Å²) >= 11 is 0. The molecule has 2 amide bonds. The molecule has 7 heteroatoms. The first-order valence-electron chi connectivity index (χ1n) is 11.3. The number of nitrogen functional groups attached to an aromatic ring is 1. The van der Waals surface area contributed by atoms with Gasteiger partial charge in [0.25, 0.3) is 5.91 Å². The second-order valence-electron chi connectivity index (χ2n) is 8.23. The second-order valence-corrected chi connectivity index (χ2v) is 8.23. The number of benzene rings is 3. The molecule has 1 heterocycles. The average Bonchev–Trinajstić information content (AvgIpc) is 3.34. The number of carbonyl (C=O) groups excluding carboxylic acids is 2. The molecule has 4 rings (SSSR count). The van der Waals surface area contributed by atoms with Crippen molar-refractivity contribution < 1.29 is 9.59 Å². The Balaban J connectivity index is 1.45. The Hall–Kier alpha value is -4.65. The number of aromatic nitrogens is 1. The molecule has 3 aromatic carbocycles. The maximum absolute atomic E-state index is 13.0. The van der Waals surface area contributed by atoms with Crippen LogP contribution in [0, 0.1) is 5.41 Å². The fourth-order valence-corrected chi connectivity index (χ4v) is 3.74. The highest BCUT2D eigenvalue weighted by Crippen LogP contribution is 2.32. The van der Waals surface area contributed by atoms with Crippen LogP contribution in [0.25, 0.3) is 22.4 Å². The number of hydrogen-bond acceptors (Lipinski definition) is 3. The molecule has 0 bridgehead atoms. The summed E-state index contributed by atoms with van der Waals surface area (Å²) in [6, 6.07) is 27.8. The van der Waals surface area contributed by atoms with Gasteiger partial charge in [-0.05, 0) is 29.7 Å². The minimum atomic E-state index is -0.734. The van der Waals surface area contributed by atoms with E-state index in [0.29, 0.717) is 17.8 Å². The third-order valence-corrected chi connectivity index (χ3v) is 5.68. The topological polar surface area (TPSA) is 124 Å². The van der Waals surface area contributed by atoms with E-state index in [0.717, 1.165) is 27.9 Å². The maximum atomic E-state index is 13.0. The zero-order chi connectivity index (χ0) is 24.8. The second kappa shape index (κ2) is 10.5. The minimum absolute atomic E-state index is 0.00733. The van der Waals surface area contributed by atoms with Crippen LogP contribution in [0.3, 0.4) is 0 Å². The van der Waals surface area contributed by atoms with Gasteiger partial charge in [0.1, 0.15) is 17.6 Å². The van der Waals surface area contributed by atoms with Crippen molar-refractivity contribution in [3.8, 4) is 22.4 Å². The van der Waals surface area contributed by atoms with E-state index in [9.17, 15) is 9.59 Å². The normalized spacial score (nSPS) is 11.5. The third-order valence-electron chi connectivity index (χ3n) is 5.68. The highest BCUT2D eigenvalue weighted by molar-refractivity contribution is 5.99. The van der Waals surface area contributed by atoms with Gasteiger partial charge in [0.2, 0.25) is 5.91 Å². The summed E-state index contributed by atoms with van der Waals surface area (Å²) in [5, 5.41) is 13.0. The Morgan fingerprint density at radius 1 is 0.914 bits per heavy atom. The fourth-order valence-electron chi connectivity index (χ4n) is 3.74. The van der Waals surface area contributed by atoms with E-state index in [4.69, 9.17) is 11.1 Å². The molecule has 1 aromatic heterocycles. The van der Waals surface area contributed by atoms with Crippen LogP contribution in [0.2, 0.25) is 0 Å². The van der Waals surface area contributed by atoms with Gasteiger partial charge in [-0.15, -0.1) is 0 Å². The van der Waals surface area contributed by atoms with E-state index >= 15 is 0 Å². The molecule has 6 N–H and O–H groups in total. The molecule has 35 heavy (non-hydrogen) atoms. The first-order valence-corrected chi connectivity index (χ1v) is 11.3. The van der Waals surface area contributed by atoms with Gasteiger partial charge in [-0.25, -0.2) is 0 Å². The van der Waals surface area contributed by atoms with Crippen molar-refractivity contribution in [2.24, 2.45) is 5.73 Å². The summed E-state index contributed by atoms with van der Waals surface area (Å²) in [6.45, 7) is 1.95. The molecule has 1 unspecified atom stereocenters. The van der Waals surface area contributed by atoms with Crippen LogP contribution >= 0.6 is 0 Å². The number of amides is 2. The summed E-state index contributed by atoms with van der Waals surface area (Å²) < 4.78 is 0. The largest absolute Gasteiger partial charge is 0.384 e. The molecular formula is C28H27N5O2. The molecule has 7 nitrogen and oxygen atoms in total. The Kier molecular flexibility index (Phi) is 7.07. The van der Waals surface area contributed by atoms with Crippen LogP contribution in [0.1, 0.15) is 28.5 Å². The van der Waals surface area contributed by atoms with Crippen molar-refractivity contribution in [1.29, 1.82) is 5.41 Å². The molecule has 0 aliphatic carbocycles. The van der Waals surface area contributed by atoms with Gasteiger partial charge in [0.15, 0.2) is 0 Å². The van der Waals surface area contributed by atoms with Crippen molar-refractivity contribution in [3.63, 3.8) is 0 Å². The minimum Gasteiger partial charge on any atom is -0.384 e. The van der Waals surface area contributed by atoms with Gasteiger partial charge >= 0.3 is 0 Å². The smallest absolute Gasteiger partial charge is 0.268 e. The Bertz CT molecular complexity index is 1270. The lowest BCUT2D eigenvalue weighted by atomic mass is 10.0. The van der Waals surface area contributed by atoms with Gasteiger partial charge in [-0.2, -0.15) is 0 Å². The van der Waals surface area contributed by atoms with Crippen molar-refractivity contribution in [3.05, 3.63) is 108 Å². The maximum Gasteiger partial charge on any atom is 0.268 e. The molecule has 0 spiro atoms. The summed E-state index contributed by atoms with van der Waals surface area (Å²) in [5.74, 6) is -0.669. The van der Waals surface area contributed by atoms with E-state index in [1.165, 1.54) is 0 Å². The molecule has 4 aromatic rings. The number of amidine groups is 1. The van der Waals surface area contributed by atoms with E-state index < -0.39 is 6.04 Å². The Morgan fingerprint density at radius 2 is 1.51 bits per heavy atom. The van der Waals surface area contributed by atoms with Crippen LogP contribution in [0.15, 0.2) is 91.0 Å². The van der Waals surface area contributed by atoms with Crippen LogP contribution in [-0.4, -0.2) is 28.7 Å². The molecular weight excluding hydrogens is 438 g/mol. The van der Waals surface area contributed by atoms with Crippen molar-refractivity contribution in [1.82, 2.24) is 15.6 Å². The lowest BCUT2D eigenvalue weighted by molar-refractivity contribution is -0.122. The first kappa shape index (κ1) is 23.5. The van der Waals surface area contributed by atoms with Crippen molar-refractivity contribution in [2.45, 2.75) is 19.5 Å². The highest BCUT2D eigenvalue weighted by atomic mass is 16.2. The zero-order valence-corrected chi connectivity index (χ0v) is 19.3. The monoisotopic (exact) mass is 465 g/mol. The Labute approximate surface area is 203 Å². The SMILES string of the molecule is CC(NC(=O)c1cc(-c2ccccc2)c(-c2ccccc2)[nH]1)C(=O)NCc1ccc(C(=N)N)cc1. The van der Waals surface area contributed by atoms with Gasteiger partial charge < -0.3 is 21.4 Å². The van der Waals surface area contributed by atoms with Gasteiger partial charge in [-0.1, -0.05) is 84.9 Å². The van der Waals surface area contributed by atoms with E-state index in [1.807, 2.05) is 66.7 Å². The number of rotatable bonds is 8. The quantitative estimate of drug-likeness (QED) is 0.199. The number of carbonyl (C=O) groups is 2. The lowest BCUT2D eigenvalue weighted by Gasteiger charge is -2.14. The number of nitrogens with one attached hydrogen (secondary N) is 4. The molecule has 0 aliphatic heterocycles. The van der Waals surface area contributed by atoms with Crippen LogP contribution in [0.4, 0.5) is 0 Å². The van der Waals surface area contributed by atoms with E-state index in [1.54, 1.807) is 31.2 Å². The molecule has 0 fully saturated rings. The van der Waals surface area contributed by atoms with E-state index in [-0.39, 0.29) is 17.6 Å². The molecule has 0 radical (unpaired) electrons. The number of hydrogen-bond donors (Lipinski definition) is 5. The van der Waals surface area contributed by atoms with Gasteiger partial charge in [0, 0.05) is 17.7 Å². The average molecular weight is 466 g/mol. The van der Waals surface area contributed by atoms with Crippen LogP contribution < -0.4 is 16.4 Å². The van der Waals surface area contributed by atoms with Crippen molar-refractivity contribution in [2.75, 3.05) is 0 Å². The predicted molar refractivity (Wildman–Crippen MR) is 138 cm³/mol. The number of aromatic amines is 1. The third kappa shape index (κ3) is 5.65.